The molecule has 3 N–H and O–H groups in total. The molecule has 0 amide bonds. The Labute approximate surface area is 117 Å². The molecule has 0 aromatic rings. The van der Waals surface area contributed by atoms with Crippen molar-refractivity contribution in [2.75, 3.05) is 19.8 Å². The van der Waals surface area contributed by atoms with Gasteiger partial charge in [-0.3, -0.25) is 11.3 Å². The van der Waals surface area contributed by atoms with Gasteiger partial charge in [-0.25, -0.2) is 0 Å². The van der Waals surface area contributed by atoms with Crippen LogP contribution in [0.15, 0.2) is 0 Å². The lowest BCUT2D eigenvalue weighted by molar-refractivity contribution is -0.124. The van der Waals surface area contributed by atoms with Crippen LogP contribution in [0.2, 0.25) is 0 Å². The Bertz CT molecular complexity index is 249. The highest BCUT2D eigenvalue weighted by atomic mass is 16.5. The van der Waals surface area contributed by atoms with Crippen molar-refractivity contribution < 1.29 is 9.47 Å². The molecule has 2 aliphatic rings. The number of hydrogen-bond acceptors (Lipinski definition) is 4. The summed E-state index contributed by atoms with van der Waals surface area (Å²) in [5.41, 5.74) is 3.13. The van der Waals surface area contributed by atoms with Crippen molar-refractivity contribution in [2.24, 2.45) is 11.8 Å². The van der Waals surface area contributed by atoms with E-state index in [1.807, 2.05) is 0 Å². The first-order chi connectivity index (χ1) is 9.29. The molecule has 0 aromatic carbocycles. The topological polar surface area (TPSA) is 56.5 Å². The predicted octanol–water partition coefficient (Wildman–Crippen LogP) is 2.37. The molecule has 0 radical (unpaired) electrons. The van der Waals surface area contributed by atoms with Crippen molar-refractivity contribution in [2.45, 2.75) is 69.9 Å². The summed E-state index contributed by atoms with van der Waals surface area (Å²) in [6.45, 7) is 4.57. The Hall–Kier alpha value is -0.160. The Morgan fingerprint density at radius 1 is 1.37 bits per heavy atom. The monoisotopic (exact) mass is 270 g/mol. The normalized spacial score (nSPS) is 28.4. The fraction of sp³-hybridized carbons (Fsp3) is 1.00. The lowest BCUT2D eigenvalue weighted by Gasteiger charge is -2.45. The van der Waals surface area contributed by atoms with E-state index in [9.17, 15) is 0 Å². The molecule has 19 heavy (non-hydrogen) atoms. The van der Waals surface area contributed by atoms with E-state index < -0.39 is 0 Å². The van der Waals surface area contributed by atoms with Gasteiger partial charge in [-0.15, -0.1) is 0 Å². The molecule has 2 unspecified atom stereocenters. The third-order valence-corrected chi connectivity index (χ3v) is 4.72. The summed E-state index contributed by atoms with van der Waals surface area (Å²) in [4.78, 5) is 0. The van der Waals surface area contributed by atoms with Crippen molar-refractivity contribution in [3.63, 3.8) is 0 Å². The SMILES string of the molecule is CCCOCC(NN)C1CCOC2(CCCCC2)C1. The summed E-state index contributed by atoms with van der Waals surface area (Å²) < 4.78 is 11.8. The van der Waals surface area contributed by atoms with Gasteiger partial charge in [0.2, 0.25) is 0 Å². The fourth-order valence-corrected chi connectivity index (χ4v) is 3.63. The molecule has 1 saturated heterocycles. The molecule has 2 rings (SSSR count). The van der Waals surface area contributed by atoms with Crippen molar-refractivity contribution in [3.05, 3.63) is 0 Å². The van der Waals surface area contributed by atoms with Gasteiger partial charge in [0.05, 0.1) is 12.2 Å². The number of rotatable bonds is 6. The van der Waals surface area contributed by atoms with E-state index >= 15 is 0 Å². The number of ether oxygens (including phenoxy) is 2. The summed E-state index contributed by atoms with van der Waals surface area (Å²) in [6, 6.07) is 0.272. The quantitative estimate of drug-likeness (QED) is 0.442. The maximum absolute atomic E-state index is 6.15. The number of hydrogen-bond donors (Lipinski definition) is 2. The van der Waals surface area contributed by atoms with E-state index in [2.05, 4.69) is 12.3 Å². The standard InChI is InChI=1S/C15H30N2O2/c1-2-9-18-12-14(17-16)13-6-10-19-15(11-13)7-4-3-5-8-15/h13-14,17H,2-12,16H2,1H3. The molecule has 112 valence electrons. The smallest absolute Gasteiger partial charge is 0.0685 e. The molecule has 1 aliphatic heterocycles. The molecule has 4 nitrogen and oxygen atoms in total. The summed E-state index contributed by atoms with van der Waals surface area (Å²) >= 11 is 0. The van der Waals surface area contributed by atoms with Crippen LogP contribution in [0.3, 0.4) is 0 Å². The molecule has 0 aromatic heterocycles. The molecule has 1 heterocycles. The molecule has 4 heteroatoms. The van der Waals surface area contributed by atoms with E-state index in [0.29, 0.717) is 5.92 Å². The molecule has 2 atom stereocenters. The fourth-order valence-electron chi connectivity index (χ4n) is 3.63. The number of nitrogens with two attached hydrogens (primary N) is 1. The Morgan fingerprint density at radius 2 is 2.16 bits per heavy atom. The molecular formula is C15H30N2O2. The average Bonchev–Trinajstić information content (AvgIpc) is 2.44. The molecule has 2 fully saturated rings. The molecule has 1 aliphatic carbocycles. The van der Waals surface area contributed by atoms with Crippen LogP contribution >= 0.6 is 0 Å². The lowest BCUT2D eigenvalue weighted by atomic mass is 9.74. The van der Waals surface area contributed by atoms with Crippen molar-refractivity contribution >= 4 is 0 Å². The van der Waals surface area contributed by atoms with Crippen LogP contribution in [0.5, 0.6) is 0 Å². The van der Waals surface area contributed by atoms with E-state index in [-0.39, 0.29) is 11.6 Å². The van der Waals surface area contributed by atoms with Crippen molar-refractivity contribution in [1.29, 1.82) is 0 Å². The number of nitrogens with one attached hydrogen (secondary N) is 1. The first kappa shape index (κ1) is 15.2. The van der Waals surface area contributed by atoms with Crippen LogP contribution in [0, 0.1) is 5.92 Å². The highest BCUT2D eigenvalue weighted by molar-refractivity contribution is 4.92. The second kappa shape index (κ2) is 7.58. The van der Waals surface area contributed by atoms with E-state index in [1.54, 1.807) is 0 Å². The van der Waals surface area contributed by atoms with Gasteiger partial charge in [-0.1, -0.05) is 26.2 Å². The summed E-state index contributed by atoms with van der Waals surface area (Å²) in [5, 5.41) is 0. The Balaban J connectivity index is 1.87. The summed E-state index contributed by atoms with van der Waals surface area (Å²) in [7, 11) is 0. The Morgan fingerprint density at radius 3 is 2.84 bits per heavy atom. The van der Waals surface area contributed by atoms with Gasteiger partial charge in [0.1, 0.15) is 0 Å². The largest absolute Gasteiger partial charge is 0.380 e. The van der Waals surface area contributed by atoms with Crippen LogP contribution in [0.25, 0.3) is 0 Å². The summed E-state index contributed by atoms with van der Waals surface area (Å²) in [6.07, 6.45) is 9.79. The zero-order valence-corrected chi connectivity index (χ0v) is 12.3. The highest BCUT2D eigenvalue weighted by Crippen LogP contribution is 2.41. The Kier molecular flexibility index (Phi) is 6.07. The highest BCUT2D eigenvalue weighted by Gasteiger charge is 2.40. The van der Waals surface area contributed by atoms with Gasteiger partial charge in [-0.05, 0) is 38.0 Å². The van der Waals surface area contributed by atoms with Gasteiger partial charge in [0.15, 0.2) is 0 Å². The van der Waals surface area contributed by atoms with Crippen LogP contribution < -0.4 is 11.3 Å². The minimum absolute atomic E-state index is 0.154. The van der Waals surface area contributed by atoms with Gasteiger partial charge in [0, 0.05) is 19.3 Å². The van der Waals surface area contributed by atoms with E-state index in [1.165, 1.54) is 32.1 Å². The zero-order valence-electron chi connectivity index (χ0n) is 12.3. The maximum atomic E-state index is 6.15. The first-order valence-electron chi connectivity index (χ1n) is 7.97. The van der Waals surface area contributed by atoms with Crippen molar-refractivity contribution in [1.82, 2.24) is 5.43 Å². The third kappa shape index (κ3) is 4.15. The first-order valence-corrected chi connectivity index (χ1v) is 7.97. The lowest BCUT2D eigenvalue weighted by Crippen LogP contribution is -2.51. The van der Waals surface area contributed by atoms with Gasteiger partial charge in [0.25, 0.3) is 0 Å². The molecule has 1 spiro atoms. The van der Waals surface area contributed by atoms with Crippen LogP contribution in [-0.2, 0) is 9.47 Å². The molecule has 1 saturated carbocycles. The second-order valence-corrected chi connectivity index (χ2v) is 6.19. The van der Waals surface area contributed by atoms with Gasteiger partial charge >= 0.3 is 0 Å². The zero-order chi connectivity index (χ0) is 13.6. The van der Waals surface area contributed by atoms with Crippen LogP contribution in [0.1, 0.15) is 58.3 Å². The number of hydrazine groups is 1. The van der Waals surface area contributed by atoms with Crippen LogP contribution in [-0.4, -0.2) is 31.5 Å². The predicted molar refractivity (Wildman–Crippen MR) is 76.7 cm³/mol. The third-order valence-electron chi connectivity index (χ3n) is 4.72. The van der Waals surface area contributed by atoms with Gasteiger partial charge in [-0.2, -0.15) is 0 Å². The van der Waals surface area contributed by atoms with E-state index in [4.69, 9.17) is 15.3 Å². The maximum Gasteiger partial charge on any atom is 0.0685 e. The van der Waals surface area contributed by atoms with Crippen molar-refractivity contribution in [3.8, 4) is 0 Å². The van der Waals surface area contributed by atoms with E-state index in [0.717, 1.165) is 39.1 Å². The minimum atomic E-state index is 0.154. The summed E-state index contributed by atoms with van der Waals surface area (Å²) in [5.74, 6) is 6.32. The minimum Gasteiger partial charge on any atom is -0.380 e. The second-order valence-electron chi connectivity index (χ2n) is 6.19. The average molecular weight is 270 g/mol. The van der Waals surface area contributed by atoms with Crippen LogP contribution in [0.4, 0.5) is 0 Å². The van der Waals surface area contributed by atoms with Gasteiger partial charge < -0.3 is 9.47 Å². The molecule has 0 bridgehead atoms. The molecular weight excluding hydrogens is 240 g/mol.